The van der Waals surface area contributed by atoms with Gasteiger partial charge in [0.25, 0.3) is 17.2 Å². The monoisotopic (exact) mass is 2090 g/mol. The zero-order chi connectivity index (χ0) is 109. The molecule has 1 fully saturated rings. The minimum atomic E-state index is -1.87. The highest BCUT2D eigenvalue weighted by molar-refractivity contribution is 7.78. The SMILES string of the molecule is CCCCCCCCOc1ccc(C)cc1NCCc1nc2n(n1)N=C(C)C2(Cn1ccc(=NC)cc1)N(C(C)=O)c1ccc(N(C)CC)cc1C.CCCCCCCCc1ccc(C)cc1OS(=O)NCCc1nc2n(n1)N=C(C)C2(N1C(=O)N(C)C(C)(C)C1=O)N(C(C)=O)c1ccc(N(C)CC)cc1C.CCN(C)c1ccc(N(C(C)=O)C2(N(CC)CC)C(C)=Nn3nc(CCOc4ccc(C)cc4C)nc32)c(C)c1.O=S=O. The van der Waals surface area contributed by atoms with E-state index < -0.39 is 63.1 Å². The van der Waals surface area contributed by atoms with Crippen molar-refractivity contribution in [1.82, 2.24) is 68.6 Å². The lowest BCUT2D eigenvalue weighted by molar-refractivity contribution is -0.135. The van der Waals surface area contributed by atoms with Crippen LogP contribution in [0, 0.1) is 48.5 Å². The van der Waals surface area contributed by atoms with E-state index in [9.17, 15) is 28.2 Å². The molecule has 4 atom stereocenters. The van der Waals surface area contributed by atoms with Crippen molar-refractivity contribution < 1.29 is 50.3 Å². The van der Waals surface area contributed by atoms with Crippen molar-refractivity contribution in [3.63, 3.8) is 0 Å². The summed E-state index contributed by atoms with van der Waals surface area (Å²) in [5, 5.41) is 33.1. The number of imide groups is 1. The lowest BCUT2D eigenvalue weighted by atomic mass is 9.89. The van der Waals surface area contributed by atoms with Crippen molar-refractivity contribution in [2.24, 2.45) is 20.3 Å². The number of amides is 6. The molecular formula is C112H157N25O11S2. The third kappa shape index (κ3) is 25.9. The summed E-state index contributed by atoms with van der Waals surface area (Å²) in [5.74, 6) is 4.12. The lowest BCUT2D eigenvalue weighted by Gasteiger charge is -2.47. The fourth-order valence-corrected chi connectivity index (χ4v) is 20.4. The van der Waals surface area contributed by atoms with E-state index in [0.717, 1.165) is 152 Å². The molecule has 14 rings (SSSR count). The Bertz CT molecular complexity index is 6630. The summed E-state index contributed by atoms with van der Waals surface area (Å²) in [6.45, 7) is 48.9. The van der Waals surface area contributed by atoms with Crippen LogP contribution in [-0.2, 0) is 91.1 Å². The fraction of sp³-hybridized carbons (Fsp3) is 0.509. The van der Waals surface area contributed by atoms with Gasteiger partial charge < -0.3 is 43.1 Å². The quantitative estimate of drug-likeness (QED) is 0.0203. The molecular weight excluding hydrogens is 1940 g/mol. The van der Waals surface area contributed by atoms with E-state index in [1.165, 1.54) is 84.9 Å². The number of anilines is 7. The number of likely N-dealkylation sites (N-methyl/N-ethyl adjacent to an activating group) is 1. The second-order valence-corrected chi connectivity index (χ2v) is 40.5. The van der Waals surface area contributed by atoms with Crippen molar-refractivity contribution in [3.8, 4) is 17.2 Å². The van der Waals surface area contributed by atoms with Crippen LogP contribution in [0.4, 0.5) is 44.6 Å². The van der Waals surface area contributed by atoms with Crippen LogP contribution in [-0.4, -0.2) is 223 Å². The number of aryl methyl sites for hydroxylation is 8. The molecule has 0 spiro atoms. The van der Waals surface area contributed by atoms with Gasteiger partial charge in [-0.15, -0.1) is 29.7 Å². The van der Waals surface area contributed by atoms with Crippen LogP contribution in [0.15, 0.2) is 154 Å². The standard InChI is InChI=1S/C41H57N9O2.C40H57N9O5S.C31H43N7O2.O2S/c1-9-11-12-13-14-15-26-52-38-19-16-30(3)27-36(38)43-23-20-39-44-40-41(32(5)45-50(40)46-39,29-48-24-21-34(42-7)22-25-48)49(33(6)51)37-18-17-35(28-31(37)4)47(8)10-2;1-11-13-14-15-16-17-18-31-20-19-27(3)25-34(31)54-55(53)41-24-23-35-42-36-40(29(5)43-49(36)44-35,48-37(51)39(7,8)46(10)38(48)52)47(30(6)50)33-22-21-32(26-28(33)4)45(9)12-2;1-10-35(9)26-14-15-27(22(5)20-26)37(25(8)39)31(36(11-2)12-3)24(7)33-38-30(31)32-29(34-38)17-18-40-28-16-13-21(4)19-23(28)6;1-3-2/h16-19,21-22,24-25,27-28,43H,9-15,20,23,26,29H2,1-8H3;19-22,25-26,41H,11-18,23-24H2,1-10H3;13-16,19-20H,10-12,17-18H2,1-9H3;. The molecule has 4 aliphatic rings. The Morgan fingerprint density at radius 2 is 0.933 bits per heavy atom. The molecule has 6 aromatic carbocycles. The number of pyridine rings is 1. The summed E-state index contributed by atoms with van der Waals surface area (Å²) in [6, 6.07) is 39.9. The maximum Gasteiger partial charge on any atom is 0.335 e. The summed E-state index contributed by atoms with van der Waals surface area (Å²) in [5.41, 5.74) is 11.1. The maximum absolute atomic E-state index is 14.3. The zero-order valence-electron chi connectivity index (χ0n) is 93.2. The first-order valence-corrected chi connectivity index (χ1v) is 54.4. The molecule has 0 aliphatic carbocycles. The normalized spacial score (nSPS) is 16.2. The molecule has 8 heterocycles. The number of unbranched alkanes of at least 4 members (excludes halogenated alkanes) is 10. The van der Waals surface area contributed by atoms with Gasteiger partial charge in [-0.25, -0.2) is 29.4 Å². The smallest absolute Gasteiger partial charge is 0.335 e. The summed E-state index contributed by atoms with van der Waals surface area (Å²) < 4.78 is 52.9. The summed E-state index contributed by atoms with van der Waals surface area (Å²) in [6.07, 6.45) is 20.6. The lowest BCUT2D eigenvalue weighted by Crippen LogP contribution is -2.65. The molecule has 36 nitrogen and oxygen atoms in total. The van der Waals surface area contributed by atoms with Crippen LogP contribution in [0.3, 0.4) is 0 Å². The van der Waals surface area contributed by atoms with E-state index in [-0.39, 0.29) is 36.3 Å². The average Bonchev–Trinajstić information content (AvgIpc) is 1.52. The molecule has 0 bridgehead atoms. The zero-order valence-corrected chi connectivity index (χ0v) is 94.8. The van der Waals surface area contributed by atoms with Gasteiger partial charge in [0, 0.05) is 155 Å². The Hall–Kier alpha value is -13.5. The van der Waals surface area contributed by atoms with Gasteiger partial charge in [-0.3, -0.25) is 43.8 Å². The minimum Gasteiger partial charge on any atom is -0.493 e. The van der Waals surface area contributed by atoms with Gasteiger partial charge in [0.05, 0.1) is 47.9 Å². The Balaban J connectivity index is 0.000000213. The number of nitrogens with zero attached hydrogens (tertiary/aromatic N) is 23. The number of urea groups is 1. The molecule has 2 N–H and O–H groups in total. The Morgan fingerprint density at radius 3 is 1.45 bits per heavy atom. The molecule has 10 aromatic rings. The van der Waals surface area contributed by atoms with Crippen LogP contribution < -0.4 is 58.5 Å². The van der Waals surface area contributed by atoms with Gasteiger partial charge in [-0.2, -0.15) is 27.9 Å². The van der Waals surface area contributed by atoms with E-state index >= 15 is 0 Å². The number of rotatable bonds is 47. The largest absolute Gasteiger partial charge is 0.493 e. The number of carbonyl (C=O) groups is 5. The Labute approximate surface area is 892 Å². The molecule has 0 saturated carbocycles. The van der Waals surface area contributed by atoms with Crippen molar-refractivity contribution >= 4 is 109 Å². The minimum absolute atomic E-state index is 0.0858. The van der Waals surface area contributed by atoms with Crippen LogP contribution in [0.2, 0.25) is 0 Å². The highest BCUT2D eigenvalue weighted by Gasteiger charge is 2.67. The fourth-order valence-electron chi connectivity index (χ4n) is 19.7. The number of hydrogen-bond donors (Lipinski definition) is 2. The molecule has 38 heteroatoms. The van der Waals surface area contributed by atoms with E-state index in [1.54, 1.807) is 58.3 Å². The highest BCUT2D eigenvalue weighted by atomic mass is 32.2. The van der Waals surface area contributed by atoms with Crippen LogP contribution in [0.25, 0.3) is 0 Å². The first-order chi connectivity index (χ1) is 71.7. The number of carbonyl (C=O) groups excluding carboxylic acids is 5. The van der Waals surface area contributed by atoms with Crippen LogP contribution in [0.1, 0.15) is 260 Å². The third-order valence-electron chi connectivity index (χ3n) is 28.6. The Morgan fingerprint density at radius 1 is 0.473 bits per heavy atom. The van der Waals surface area contributed by atoms with Gasteiger partial charge >= 0.3 is 17.6 Å². The number of fused-ring (bicyclic) bond motifs is 3. The number of benzene rings is 6. The topological polar surface area (TPSA) is 364 Å². The van der Waals surface area contributed by atoms with Crippen molar-refractivity contribution in [3.05, 3.63) is 219 Å². The first-order valence-electron chi connectivity index (χ1n) is 52.6. The number of hydrogen-bond acceptors (Lipinski definition) is 26. The molecule has 4 aromatic heterocycles. The van der Waals surface area contributed by atoms with E-state index in [4.69, 9.17) is 57.4 Å². The summed E-state index contributed by atoms with van der Waals surface area (Å²) in [4.78, 5) is 110. The van der Waals surface area contributed by atoms with Gasteiger partial charge in [0.2, 0.25) is 40.7 Å². The summed E-state index contributed by atoms with van der Waals surface area (Å²) in [7, 11) is 9.45. The third-order valence-corrected chi connectivity index (χ3v) is 29.3. The number of ether oxygens (including phenoxy) is 2. The maximum atomic E-state index is 14.3. The van der Waals surface area contributed by atoms with Crippen molar-refractivity contribution in [1.29, 1.82) is 0 Å². The predicted octanol–water partition coefficient (Wildman–Crippen LogP) is 17.8. The second-order valence-electron chi connectivity index (χ2n) is 39.5. The molecule has 6 amide bonds. The molecule has 1 saturated heterocycles. The van der Waals surface area contributed by atoms with Gasteiger partial charge in [-0.05, 0) is 266 Å². The highest BCUT2D eigenvalue weighted by Crippen LogP contribution is 2.49. The number of aromatic nitrogens is 10. The Kier molecular flexibility index (Phi) is 41.1. The van der Waals surface area contributed by atoms with Gasteiger partial charge in [-0.1, -0.05) is 128 Å². The van der Waals surface area contributed by atoms with Crippen molar-refractivity contribution in [2.75, 3.05) is 129 Å². The molecule has 4 aliphatic heterocycles. The van der Waals surface area contributed by atoms with Crippen LogP contribution >= 0.6 is 0 Å². The molecule has 4 unspecified atom stereocenters. The second kappa shape index (κ2) is 52.8. The average molecular weight is 2090 g/mol. The molecule has 150 heavy (non-hydrogen) atoms. The van der Waals surface area contributed by atoms with E-state index in [1.807, 2.05) is 150 Å². The van der Waals surface area contributed by atoms with Gasteiger partial charge in [0.1, 0.15) is 22.8 Å². The number of nitrogens with one attached hydrogen (secondary N) is 2. The summed E-state index contributed by atoms with van der Waals surface area (Å²) >= 11 is -2.60. The molecule has 0 radical (unpaired) electrons. The van der Waals surface area contributed by atoms with Gasteiger partial charge in [0.15, 0.2) is 28.8 Å². The predicted molar refractivity (Wildman–Crippen MR) is 598 cm³/mol. The van der Waals surface area contributed by atoms with Crippen molar-refractivity contribution in [2.45, 2.75) is 284 Å². The van der Waals surface area contributed by atoms with E-state index in [0.29, 0.717) is 92.8 Å². The molecule has 808 valence electrons. The first kappa shape index (κ1) is 117. The van der Waals surface area contributed by atoms with Crippen LogP contribution in [0.5, 0.6) is 17.2 Å². The van der Waals surface area contributed by atoms with E-state index in [2.05, 4.69) is 175 Å².